The summed E-state index contributed by atoms with van der Waals surface area (Å²) in [5, 5.41) is 0. The molecule has 0 spiro atoms. The van der Waals surface area contributed by atoms with Crippen LogP contribution in [0.3, 0.4) is 0 Å². The van der Waals surface area contributed by atoms with Crippen LogP contribution in [-0.4, -0.2) is 4.98 Å². The van der Waals surface area contributed by atoms with Crippen molar-refractivity contribution in [3.8, 4) is 0 Å². The van der Waals surface area contributed by atoms with Gasteiger partial charge in [0.25, 0.3) is 0 Å². The summed E-state index contributed by atoms with van der Waals surface area (Å²) < 4.78 is 1.10. The number of nitrogens with zero attached hydrogens (tertiary/aromatic N) is 1. The SMILES string of the molecule is CCCCCc1cccc(I)n1. The minimum atomic E-state index is 1.10. The zero-order valence-corrected chi connectivity index (χ0v) is 9.54. The molecule has 0 saturated carbocycles. The molecule has 0 aliphatic rings. The van der Waals surface area contributed by atoms with E-state index in [-0.39, 0.29) is 0 Å². The summed E-state index contributed by atoms with van der Waals surface area (Å²) in [6.07, 6.45) is 4.99. The molecule has 1 heterocycles. The molecule has 0 atom stereocenters. The molecule has 66 valence electrons. The van der Waals surface area contributed by atoms with Crippen molar-refractivity contribution in [2.24, 2.45) is 0 Å². The Kier molecular flexibility index (Phi) is 4.58. The van der Waals surface area contributed by atoms with E-state index in [1.54, 1.807) is 0 Å². The van der Waals surface area contributed by atoms with Crippen LogP contribution in [-0.2, 0) is 6.42 Å². The van der Waals surface area contributed by atoms with Gasteiger partial charge in [0.1, 0.15) is 3.70 Å². The number of hydrogen-bond donors (Lipinski definition) is 0. The lowest BCUT2D eigenvalue weighted by Crippen LogP contribution is -1.91. The molecule has 2 heteroatoms. The van der Waals surface area contributed by atoms with Crippen LogP contribution in [0.15, 0.2) is 18.2 Å². The van der Waals surface area contributed by atoms with Gasteiger partial charge < -0.3 is 0 Å². The maximum absolute atomic E-state index is 4.43. The summed E-state index contributed by atoms with van der Waals surface area (Å²) in [7, 11) is 0. The average Bonchev–Trinajstić information content (AvgIpc) is 2.05. The predicted octanol–water partition coefficient (Wildman–Crippen LogP) is 3.42. The fraction of sp³-hybridized carbons (Fsp3) is 0.500. The van der Waals surface area contributed by atoms with Gasteiger partial charge in [0, 0.05) is 5.69 Å². The van der Waals surface area contributed by atoms with Crippen LogP contribution in [0, 0.1) is 3.70 Å². The van der Waals surface area contributed by atoms with E-state index in [1.165, 1.54) is 25.0 Å². The smallest absolute Gasteiger partial charge is 0.101 e. The fourth-order valence-electron chi connectivity index (χ4n) is 1.15. The number of unbranched alkanes of at least 4 members (excludes halogenated alkanes) is 2. The largest absolute Gasteiger partial charge is 0.247 e. The fourth-order valence-corrected chi connectivity index (χ4v) is 1.66. The molecule has 0 aliphatic carbocycles. The normalized spacial score (nSPS) is 10.2. The number of aryl methyl sites for hydroxylation is 1. The van der Waals surface area contributed by atoms with Crippen molar-refractivity contribution < 1.29 is 0 Å². The van der Waals surface area contributed by atoms with Gasteiger partial charge in [-0.2, -0.15) is 0 Å². The summed E-state index contributed by atoms with van der Waals surface area (Å²) in [5.74, 6) is 0. The summed E-state index contributed by atoms with van der Waals surface area (Å²) in [6.45, 7) is 2.22. The van der Waals surface area contributed by atoms with Gasteiger partial charge in [0.15, 0.2) is 0 Å². The molecular formula is C10H14IN. The van der Waals surface area contributed by atoms with Gasteiger partial charge in [0.2, 0.25) is 0 Å². The lowest BCUT2D eigenvalue weighted by atomic mass is 10.1. The first kappa shape index (κ1) is 9.96. The number of halogens is 1. The van der Waals surface area contributed by atoms with Gasteiger partial charge in [-0.15, -0.1) is 0 Å². The van der Waals surface area contributed by atoms with E-state index in [0.29, 0.717) is 0 Å². The highest BCUT2D eigenvalue weighted by Gasteiger charge is 1.94. The van der Waals surface area contributed by atoms with E-state index in [2.05, 4.69) is 46.6 Å². The topological polar surface area (TPSA) is 12.9 Å². The first-order valence-corrected chi connectivity index (χ1v) is 5.52. The number of aromatic nitrogens is 1. The van der Waals surface area contributed by atoms with Crippen molar-refractivity contribution in [3.63, 3.8) is 0 Å². The predicted molar refractivity (Wildman–Crippen MR) is 60.2 cm³/mol. The van der Waals surface area contributed by atoms with Gasteiger partial charge in [-0.3, -0.25) is 0 Å². The zero-order chi connectivity index (χ0) is 8.81. The average molecular weight is 275 g/mol. The van der Waals surface area contributed by atoms with E-state index in [9.17, 15) is 0 Å². The third-order valence-corrected chi connectivity index (χ3v) is 2.41. The van der Waals surface area contributed by atoms with Gasteiger partial charge >= 0.3 is 0 Å². The number of hydrogen-bond acceptors (Lipinski definition) is 1. The highest BCUT2D eigenvalue weighted by Crippen LogP contribution is 2.06. The summed E-state index contributed by atoms with van der Waals surface area (Å²) in [6, 6.07) is 6.22. The molecule has 0 radical (unpaired) electrons. The molecule has 0 bridgehead atoms. The Bertz CT molecular complexity index is 235. The van der Waals surface area contributed by atoms with Crippen LogP contribution < -0.4 is 0 Å². The van der Waals surface area contributed by atoms with Crippen LogP contribution in [0.2, 0.25) is 0 Å². The van der Waals surface area contributed by atoms with Crippen LogP contribution in [0.1, 0.15) is 31.9 Å². The molecular weight excluding hydrogens is 261 g/mol. The lowest BCUT2D eigenvalue weighted by Gasteiger charge is -1.99. The Morgan fingerprint density at radius 1 is 1.33 bits per heavy atom. The highest BCUT2D eigenvalue weighted by molar-refractivity contribution is 14.1. The second-order valence-corrected chi connectivity index (χ2v) is 4.01. The molecule has 0 amide bonds. The minimum Gasteiger partial charge on any atom is -0.247 e. The quantitative estimate of drug-likeness (QED) is 0.466. The van der Waals surface area contributed by atoms with Gasteiger partial charge in [-0.05, 0) is 47.6 Å². The maximum Gasteiger partial charge on any atom is 0.101 e. The Balaban J connectivity index is 2.41. The molecule has 1 nitrogen and oxygen atoms in total. The summed E-state index contributed by atoms with van der Waals surface area (Å²) in [4.78, 5) is 4.43. The van der Waals surface area contributed by atoms with Crippen LogP contribution >= 0.6 is 22.6 Å². The van der Waals surface area contributed by atoms with Gasteiger partial charge in [-0.1, -0.05) is 25.8 Å². The van der Waals surface area contributed by atoms with Crippen molar-refractivity contribution in [2.75, 3.05) is 0 Å². The van der Waals surface area contributed by atoms with E-state index in [4.69, 9.17) is 0 Å². The molecule has 0 unspecified atom stereocenters. The van der Waals surface area contributed by atoms with Crippen molar-refractivity contribution in [3.05, 3.63) is 27.6 Å². The first-order chi connectivity index (χ1) is 5.83. The molecule has 0 aliphatic heterocycles. The Morgan fingerprint density at radius 2 is 2.17 bits per heavy atom. The van der Waals surface area contributed by atoms with Crippen molar-refractivity contribution >= 4 is 22.6 Å². The summed E-state index contributed by atoms with van der Waals surface area (Å²) in [5.41, 5.74) is 1.23. The molecule has 0 fully saturated rings. The van der Waals surface area contributed by atoms with Crippen molar-refractivity contribution in [1.82, 2.24) is 4.98 Å². The van der Waals surface area contributed by atoms with Gasteiger partial charge in [0.05, 0.1) is 0 Å². The maximum atomic E-state index is 4.43. The van der Waals surface area contributed by atoms with E-state index in [0.717, 1.165) is 10.1 Å². The second kappa shape index (κ2) is 5.51. The standard InChI is InChI=1S/C10H14IN/c1-2-3-4-6-9-7-5-8-10(11)12-9/h5,7-8H,2-4,6H2,1H3. The second-order valence-electron chi connectivity index (χ2n) is 2.91. The molecule has 0 saturated heterocycles. The van der Waals surface area contributed by atoms with Gasteiger partial charge in [-0.25, -0.2) is 4.98 Å². The molecule has 12 heavy (non-hydrogen) atoms. The molecule has 1 aromatic heterocycles. The molecule has 0 N–H and O–H groups in total. The van der Waals surface area contributed by atoms with Crippen molar-refractivity contribution in [2.45, 2.75) is 32.6 Å². The zero-order valence-electron chi connectivity index (χ0n) is 7.39. The summed E-state index contributed by atoms with van der Waals surface area (Å²) >= 11 is 2.26. The molecule has 1 aromatic rings. The number of rotatable bonds is 4. The Labute approximate surface area is 87.7 Å². The van der Waals surface area contributed by atoms with Crippen LogP contribution in [0.5, 0.6) is 0 Å². The first-order valence-electron chi connectivity index (χ1n) is 4.44. The lowest BCUT2D eigenvalue weighted by molar-refractivity contribution is 0.706. The van der Waals surface area contributed by atoms with Crippen LogP contribution in [0.4, 0.5) is 0 Å². The minimum absolute atomic E-state index is 1.10. The molecule has 0 aromatic carbocycles. The Hall–Kier alpha value is -0.120. The Morgan fingerprint density at radius 3 is 2.83 bits per heavy atom. The highest BCUT2D eigenvalue weighted by atomic mass is 127. The monoisotopic (exact) mass is 275 g/mol. The molecule has 1 rings (SSSR count). The third kappa shape index (κ3) is 3.52. The third-order valence-electron chi connectivity index (χ3n) is 1.81. The van der Waals surface area contributed by atoms with E-state index < -0.39 is 0 Å². The van der Waals surface area contributed by atoms with Crippen molar-refractivity contribution in [1.29, 1.82) is 0 Å². The number of pyridine rings is 1. The van der Waals surface area contributed by atoms with E-state index in [1.807, 2.05) is 6.07 Å². The van der Waals surface area contributed by atoms with E-state index >= 15 is 0 Å². The van der Waals surface area contributed by atoms with Crippen LogP contribution in [0.25, 0.3) is 0 Å².